The Morgan fingerprint density at radius 3 is 2.53 bits per heavy atom. The van der Waals surface area contributed by atoms with E-state index >= 15 is 0 Å². The molecule has 3 rings (SSSR count). The van der Waals surface area contributed by atoms with Gasteiger partial charge in [-0.05, 0) is 57.0 Å². The fourth-order valence-corrected chi connectivity index (χ4v) is 3.40. The first-order chi connectivity index (χ1) is 15.3. The van der Waals surface area contributed by atoms with Crippen molar-refractivity contribution >= 4 is 23.4 Å². The number of hydrogen-bond acceptors (Lipinski definition) is 4. The zero-order valence-electron chi connectivity index (χ0n) is 18.5. The van der Waals surface area contributed by atoms with E-state index in [-0.39, 0.29) is 40.0 Å². The summed E-state index contributed by atoms with van der Waals surface area (Å²) in [4.78, 5) is 25.0. The molecule has 0 radical (unpaired) electrons. The summed E-state index contributed by atoms with van der Waals surface area (Å²) in [5.41, 5.74) is 1.12. The minimum Gasteiger partial charge on any atom is -0.493 e. The molecule has 0 aromatic heterocycles. The van der Waals surface area contributed by atoms with Gasteiger partial charge in [0.1, 0.15) is 11.6 Å². The van der Waals surface area contributed by atoms with Crippen molar-refractivity contribution in [2.45, 2.75) is 45.2 Å². The SMILES string of the molecule is COCCCOc1cc(C(=O)NC(C)C)c(Cl)cc1-c1cc(C(=O)NC2CC2)ccc1F. The van der Waals surface area contributed by atoms with Crippen molar-refractivity contribution in [3.63, 3.8) is 0 Å². The molecule has 172 valence electrons. The van der Waals surface area contributed by atoms with Crippen LogP contribution in [0.2, 0.25) is 5.02 Å². The summed E-state index contributed by atoms with van der Waals surface area (Å²) >= 11 is 6.41. The molecular weight excluding hydrogens is 435 g/mol. The number of carbonyl (C=O) groups excluding carboxylic acids is 2. The van der Waals surface area contributed by atoms with Gasteiger partial charge < -0.3 is 20.1 Å². The van der Waals surface area contributed by atoms with Crippen molar-refractivity contribution in [1.82, 2.24) is 10.6 Å². The maximum absolute atomic E-state index is 14.8. The molecule has 8 heteroatoms. The van der Waals surface area contributed by atoms with E-state index in [2.05, 4.69) is 10.6 Å². The summed E-state index contributed by atoms with van der Waals surface area (Å²) in [6.07, 6.45) is 2.52. The number of carbonyl (C=O) groups is 2. The minimum atomic E-state index is -0.523. The molecule has 0 atom stereocenters. The van der Waals surface area contributed by atoms with Crippen molar-refractivity contribution < 1.29 is 23.5 Å². The van der Waals surface area contributed by atoms with Crippen LogP contribution in [0.3, 0.4) is 0 Å². The van der Waals surface area contributed by atoms with Gasteiger partial charge >= 0.3 is 0 Å². The zero-order valence-corrected chi connectivity index (χ0v) is 19.2. The van der Waals surface area contributed by atoms with Crippen molar-refractivity contribution in [2.24, 2.45) is 0 Å². The van der Waals surface area contributed by atoms with Gasteiger partial charge in [-0.1, -0.05) is 11.6 Å². The fourth-order valence-electron chi connectivity index (χ4n) is 3.15. The van der Waals surface area contributed by atoms with Crippen LogP contribution in [0.25, 0.3) is 11.1 Å². The first-order valence-electron chi connectivity index (χ1n) is 10.7. The van der Waals surface area contributed by atoms with E-state index in [0.717, 1.165) is 12.8 Å². The number of halogens is 2. The molecule has 1 aliphatic rings. The molecule has 1 saturated carbocycles. The molecule has 0 heterocycles. The number of methoxy groups -OCH3 is 1. The van der Waals surface area contributed by atoms with Gasteiger partial charge in [-0.2, -0.15) is 0 Å². The largest absolute Gasteiger partial charge is 0.493 e. The Labute approximate surface area is 192 Å². The van der Waals surface area contributed by atoms with Crippen LogP contribution in [0.4, 0.5) is 4.39 Å². The predicted molar refractivity (Wildman–Crippen MR) is 122 cm³/mol. The smallest absolute Gasteiger partial charge is 0.253 e. The van der Waals surface area contributed by atoms with Crippen molar-refractivity contribution in [1.29, 1.82) is 0 Å². The quantitative estimate of drug-likeness (QED) is 0.506. The molecule has 2 aromatic rings. The number of ether oxygens (including phenoxy) is 2. The Morgan fingerprint density at radius 2 is 1.88 bits per heavy atom. The zero-order chi connectivity index (χ0) is 23.3. The summed E-state index contributed by atoms with van der Waals surface area (Å²) in [5, 5.41) is 5.86. The second-order valence-electron chi connectivity index (χ2n) is 8.09. The number of amides is 2. The lowest BCUT2D eigenvalue weighted by Crippen LogP contribution is -2.30. The van der Waals surface area contributed by atoms with Gasteiger partial charge in [0.25, 0.3) is 11.8 Å². The van der Waals surface area contributed by atoms with Crippen molar-refractivity contribution in [2.75, 3.05) is 20.3 Å². The van der Waals surface area contributed by atoms with Crippen molar-refractivity contribution in [3.05, 3.63) is 52.3 Å². The highest BCUT2D eigenvalue weighted by Crippen LogP contribution is 2.37. The minimum absolute atomic E-state index is 0.0802. The molecular formula is C24H28ClFN2O4. The van der Waals surface area contributed by atoms with E-state index in [4.69, 9.17) is 21.1 Å². The van der Waals surface area contributed by atoms with Gasteiger partial charge in [-0.15, -0.1) is 0 Å². The highest BCUT2D eigenvalue weighted by molar-refractivity contribution is 6.34. The predicted octanol–water partition coefficient (Wildman–Crippen LogP) is 4.59. The molecule has 2 aromatic carbocycles. The van der Waals surface area contributed by atoms with Gasteiger partial charge in [0.2, 0.25) is 0 Å². The molecule has 0 aliphatic heterocycles. The molecule has 6 nitrogen and oxygen atoms in total. The third-order valence-electron chi connectivity index (χ3n) is 4.92. The van der Waals surface area contributed by atoms with Gasteiger partial charge in [-0.3, -0.25) is 9.59 Å². The highest BCUT2D eigenvalue weighted by atomic mass is 35.5. The standard InChI is InChI=1S/C24H28ClFN2O4/c1-14(2)27-24(30)19-13-22(32-10-4-9-31-3)18(12-20(19)25)17-11-15(5-8-21(17)26)23(29)28-16-6-7-16/h5,8,11-14,16H,4,6-7,9-10H2,1-3H3,(H,27,30)(H,28,29). The van der Waals surface area contributed by atoms with Crippen LogP contribution in [0.5, 0.6) is 5.75 Å². The average molecular weight is 463 g/mol. The Morgan fingerprint density at radius 1 is 1.12 bits per heavy atom. The van der Waals surface area contributed by atoms with Crippen LogP contribution in [0.1, 0.15) is 53.8 Å². The van der Waals surface area contributed by atoms with Crippen LogP contribution >= 0.6 is 11.6 Å². The molecule has 32 heavy (non-hydrogen) atoms. The van der Waals surface area contributed by atoms with Gasteiger partial charge in [-0.25, -0.2) is 4.39 Å². The third kappa shape index (κ3) is 6.20. The Hall–Kier alpha value is -2.64. The van der Waals surface area contributed by atoms with E-state index in [9.17, 15) is 14.0 Å². The summed E-state index contributed by atoms with van der Waals surface area (Å²) in [5.74, 6) is -0.824. The number of rotatable bonds is 10. The summed E-state index contributed by atoms with van der Waals surface area (Å²) in [6.45, 7) is 4.48. The Bertz CT molecular complexity index is 992. The molecule has 1 fully saturated rings. The molecule has 1 aliphatic carbocycles. The van der Waals surface area contributed by atoms with E-state index in [1.54, 1.807) is 7.11 Å². The van der Waals surface area contributed by atoms with Gasteiger partial charge in [0, 0.05) is 48.9 Å². The molecule has 0 bridgehead atoms. The van der Waals surface area contributed by atoms with Crippen LogP contribution in [-0.2, 0) is 4.74 Å². The number of nitrogens with one attached hydrogen (secondary N) is 2. The molecule has 0 spiro atoms. The van der Waals surface area contributed by atoms with Crippen LogP contribution in [0, 0.1) is 5.82 Å². The fraction of sp³-hybridized carbons (Fsp3) is 0.417. The Kier molecular flexibility index (Phi) is 8.10. The third-order valence-corrected chi connectivity index (χ3v) is 5.23. The number of benzene rings is 2. The van der Waals surface area contributed by atoms with Gasteiger partial charge in [0.05, 0.1) is 17.2 Å². The lowest BCUT2D eigenvalue weighted by Gasteiger charge is -2.17. The normalized spacial score (nSPS) is 13.2. The van der Waals surface area contributed by atoms with Crippen molar-refractivity contribution in [3.8, 4) is 16.9 Å². The summed E-state index contributed by atoms with van der Waals surface area (Å²) in [7, 11) is 1.59. The summed E-state index contributed by atoms with van der Waals surface area (Å²) < 4.78 is 25.8. The van der Waals surface area contributed by atoms with Crippen LogP contribution in [0.15, 0.2) is 30.3 Å². The van der Waals surface area contributed by atoms with E-state index in [1.807, 2.05) is 13.8 Å². The maximum atomic E-state index is 14.8. The van der Waals surface area contributed by atoms with Crippen LogP contribution in [-0.4, -0.2) is 44.2 Å². The second-order valence-corrected chi connectivity index (χ2v) is 8.50. The van der Waals surface area contributed by atoms with E-state index in [0.29, 0.717) is 36.5 Å². The second kappa shape index (κ2) is 10.8. The van der Waals surface area contributed by atoms with Crippen LogP contribution < -0.4 is 15.4 Å². The molecule has 0 saturated heterocycles. The lowest BCUT2D eigenvalue weighted by molar-refractivity contribution is 0.0937. The van der Waals surface area contributed by atoms with E-state index < -0.39 is 5.82 Å². The molecule has 2 N–H and O–H groups in total. The maximum Gasteiger partial charge on any atom is 0.253 e. The average Bonchev–Trinajstić information content (AvgIpc) is 3.55. The number of hydrogen-bond donors (Lipinski definition) is 2. The topological polar surface area (TPSA) is 76.7 Å². The first-order valence-corrected chi connectivity index (χ1v) is 11.0. The lowest BCUT2D eigenvalue weighted by atomic mass is 9.99. The Balaban J connectivity index is 2.00. The first kappa shape index (κ1) is 24.0. The molecule has 0 unspecified atom stereocenters. The monoisotopic (exact) mass is 462 g/mol. The highest BCUT2D eigenvalue weighted by Gasteiger charge is 2.25. The van der Waals surface area contributed by atoms with Gasteiger partial charge in [0.15, 0.2) is 0 Å². The molecule has 2 amide bonds. The summed E-state index contributed by atoms with van der Waals surface area (Å²) in [6, 6.07) is 7.30. The van der Waals surface area contributed by atoms with E-state index in [1.165, 1.54) is 30.3 Å².